The van der Waals surface area contributed by atoms with Crippen LogP contribution >= 0.6 is 0 Å². The first-order chi connectivity index (χ1) is 7.00. The highest BCUT2D eigenvalue weighted by atomic mass is 14.7. The lowest BCUT2D eigenvalue weighted by atomic mass is 10.00. The van der Waals surface area contributed by atoms with Crippen molar-refractivity contribution in [1.82, 2.24) is 0 Å². The first-order valence-electron chi connectivity index (χ1n) is 5.35. The van der Waals surface area contributed by atoms with Gasteiger partial charge in [0.2, 0.25) is 0 Å². The molecule has 0 radical (unpaired) electrons. The summed E-state index contributed by atoms with van der Waals surface area (Å²) in [6.07, 6.45) is 0. The Labute approximate surface area is 93.7 Å². The van der Waals surface area contributed by atoms with Crippen LogP contribution in [0.25, 0.3) is 0 Å². The molecule has 0 aliphatic heterocycles. The fraction of sp³-hybridized carbons (Fsp3) is 0.667. The van der Waals surface area contributed by atoms with E-state index >= 15 is 0 Å². The molecule has 0 aromatic heterocycles. The zero-order valence-electron chi connectivity index (χ0n) is 10.8. The Balaban J connectivity index is 0. The lowest BCUT2D eigenvalue weighted by Gasteiger charge is -2.11. The number of rotatable bonds is 3. The third-order valence-electron chi connectivity index (χ3n) is 1.84. The van der Waals surface area contributed by atoms with E-state index in [9.17, 15) is 0 Å². The molecule has 0 heterocycles. The Morgan fingerprint density at radius 1 is 1.33 bits per heavy atom. The van der Waals surface area contributed by atoms with Crippen LogP contribution in [-0.2, 0) is 0 Å². The van der Waals surface area contributed by atoms with Gasteiger partial charge in [-0.05, 0) is 25.3 Å². The highest BCUT2D eigenvalue weighted by Crippen LogP contribution is 2.09. The van der Waals surface area contributed by atoms with Crippen LogP contribution in [0.4, 0.5) is 0 Å². The summed E-state index contributed by atoms with van der Waals surface area (Å²) in [6.45, 7) is 12.1. The minimum absolute atomic E-state index is 0.206. The zero-order valence-corrected chi connectivity index (χ0v) is 10.8. The molecular formula is C12H23N3. The SMILES string of the molecule is C/C(N)=C(\C)C(=NCC#N)C(C)C.CC. The van der Waals surface area contributed by atoms with Gasteiger partial charge >= 0.3 is 0 Å². The van der Waals surface area contributed by atoms with Gasteiger partial charge in [0.1, 0.15) is 6.54 Å². The van der Waals surface area contributed by atoms with Gasteiger partial charge in [-0.25, -0.2) is 0 Å². The average molecular weight is 209 g/mol. The molecule has 15 heavy (non-hydrogen) atoms. The van der Waals surface area contributed by atoms with Crippen molar-refractivity contribution in [1.29, 1.82) is 5.26 Å². The highest BCUT2D eigenvalue weighted by Gasteiger charge is 2.08. The Kier molecular flexibility index (Phi) is 9.97. The maximum atomic E-state index is 8.41. The summed E-state index contributed by atoms with van der Waals surface area (Å²) in [6, 6.07) is 2.00. The topological polar surface area (TPSA) is 62.2 Å². The number of hydrogen-bond acceptors (Lipinski definition) is 3. The van der Waals surface area contributed by atoms with Crippen LogP contribution in [0.2, 0.25) is 0 Å². The molecule has 0 amide bonds. The number of allylic oxidation sites excluding steroid dienone is 2. The zero-order chi connectivity index (χ0) is 12.4. The maximum Gasteiger partial charge on any atom is 0.126 e. The molecule has 86 valence electrons. The van der Waals surface area contributed by atoms with Gasteiger partial charge in [-0.15, -0.1) is 0 Å². The molecule has 3 nitrogen and oxygen atoms in total. The molecule has 0 fully saturated rings. The van der Waals surface area contributed by atoms with E-state index < -0.39 is 0 Å². The van der Waals surface area contributed by atoms with E-state index in [1.165, 1.54) is 0 Å². The third-order valence-corrected chi connectivity index (χ3v) is 1.84. The molecule has 0 unspecified atom stereocenters. The summed E-state index contributed by atoms with van der Waals surface area (Å²) in [4.78, 5) is 4.18. The predicted molar refractivity (Wildman–Crippen MR) is 66.7 cm³/mol. The van der Waals surface area contributed by atoms with E-state index in [2.05, 4.69) is 4.99 Å². The van der Waals surface area contributed by atoms with Crippen LogP contribution in [0.3, 0.4) is 0 Å². The second-order valence-electron chi connectivity index (χ2n) is 3.32. The Morgan fingerprint density at radius 3 is 2.07 bits per heavy atom. The lowest BCUT2D eigenvalue weighted by molar-refractivity contribution is 0.872. The first kappa shape index (κ1) is 16.1. The van der Waals surface area contributed by atoms with Gasteiger partial charge in [-0.2, -0.15) is 5.26 Å². The third kappa shape index (κ3) is 6.73. The fourth-order valence-corrected chi connectivity index (χ4v) is 1.06. The Hall–Kier alpha value is -1.30. The fourth-order valence-electron chi connectivity index (χ4n) is 1.06. The van der Waals surface area contributed by atoms with Crippen LogP contribution in [0, 0.1) is 17.2 Å². The minimum atomic E-state index is 0.206. The highest BCUT2D eigenvalue weighted by molar-refractivity contribution is 6.01. The second-order valence-corrected chi connectivity index (χ2v) is 3.32. The number of nitrogens with zero attached hydrogens (tertiary/aromatic N) is 2. The number of hydrogen-bond donors (Lipinski definition) is 1. The van der Waals surface area contributed by atoms with E-state index in [1.807, 2.05) is 47.6 Å². The molecule has 0 spiro atoms. The average Bonchev–Trinajstić information content (AvgIpc) is 2.20. The monoisotopic (exact) mass is 209 g/mol. The summed E-state index contributed by atoms with van der Waals surface area (Å²) in [5.41, 5.74) is 8.35. The normalized spacial score (nSPS) is 12.5. The van der Waals surface area contributed by atoms with E-state index in [-0.39, 0.29) is 6.54 Å². The van der Waals surface area contributed by atoms with E-state index in [1.54, 1.807) is 0 Å². The van der Waals surface area contributed by atoms with Gasteiger partial charge in [0.15, 0.2) is 0 Å². The van der Waals surface area contributed by atoms with Crippen LogP contribution < -0.4 is 5.73 Å². The molecular weight excluding hydrogens is 186 g/mol. The van der Waals surface area contributed by atoms with Crippen LogP contribution in [0.15, 0.2) is 16.3 Å². The summed E-state index contributed by atoms with van der Waals surface area (Å²) in [5.74, 6) is 0.312. The van der Waals surface area contributed by atoms with Crippen molar-refractivity contribution in [3.63, 3.8) is 0 Å². The van der Waals surface area contributed by atoms with E-state index in [4.69, 9.17) is 11.0 Å². The Morgan fingerprint density at radius 2 is 1.80 bits per heavy atom. The van der Waals surface area contributed by atoms with Crippen LogP contribution in [0.5, 0.6) is 0 Å². The molecule has 0 atom stereocenters. The molecule has 3 heteroatoms. The van der Waals surface area contributed by atoms with Crippen LogP contribution in [-0.4, -0.2) is 12.3 Å². The Bertz CT molecular complexity index is 263. The minimum Gasteiger partial charge on any atom is -0.402 e. The molecule has 0 saturated carbocycles. The van der Waals surface area contributed by atoms with Gasteiger partial charge in [-0.3, -0.25) is 4.99 Å². The molecule has 0 saturated heterocycles. The standard InChI is InChI=1S/C10H17N3.C2H6/c1-7(2)10(13-6-5-11)8(3)9(4)12;1-2/h7H,6,12H2,1-4H3;1-2H3/b9-8-,13-10?;. The molecule has 2 N–H and O–H groups in total. The molecule has 0 aliphatic carbocycles. The van der Waals surface area contributed by atoms with E-state index in [0.717, 1.165) is 17.0 Å². The lowest BCUT2D eigenvalue weighted by Crippen LogP contribution is -2.13. The number of nitrogens with two attached hydrogens (primary N) is 1. The van der Waals surface area contributed by atoms with Crippen molar-refractivity contribution >= 4 is 5.71 Å². The molecule has 0 bridgehead atoms. The first-order valence-corrected chi connectivity index (χ1v) is 5.35. The molecule has 0 rings (SSSR count). The summed E-state index contributed by atoms with van der Waals surface area (Å²) >= 11 is 0. The van der Waals surface area contributed by atoms with Gasteiger partial charge in [0.25, 0.3) is 0 Å². The predicted octanol–water partition coefficient (Wildman–Crippen LogP) is 2.89. The van der Waals surface area contributed by atoms with Crippen molar-refractivity contribution < 1.29 is 0 Å². The van der Waals surface area contributed by atoms with Gasteiger partial charge in [-0.1, -0.05) is 27.7 Å². The second kappa shape index (κ2) is 9.26. The molecule has 0 aliphatic rings. The van der Waals surface area contributed by atoms with E-state index in [0.29, 0.717) is 5.92 Å². The van der Waals surface area contributed by atoms with Crippen LogP contribution in [0.1, 0.15) is 41.5 Å². The number of aliphatic imine (C=N–C) groups is 1. The van der Waals surface area contributed by atoms with Crippen molar-refractivity contribution in [2.24, 2.45) is 16.6 Å². The largest absolute Gasteiger partial charge is 0.402 e. The summed E-state index contributed by atoms with van der Waals surface area (Å²) < 4.78 is 0. The van der Waals surface area contributed by atoms with Gasteiger partial charge < -0.3 is 5.73 Å². The maximum absolute atomic E-state index is 8.41. The molecule has 0 aromatic carbocycles. The smallest absolute Gasteiger partial charge is 0.126 e. The van der Waals surface area contributed by atoms with Crippen molar-refractivity contribution in [3.05, 3.63) is 11.3 Å². The molecule has 0 aromatic rings. The quantitative estimate of drug-likeness (QED) is 0.574. The van der Waals surface area contributed by atoms with Gasteiger partial charge in [0.05, 0.1) is 6.07 Å². The number of nitriles is 1. The van der Waals surface area contributed by atoms with Crippen molar-refractivity contribution in [2.75, 3.05) is 6.54 Å². The van der Waals surface area contributed by atoms with Gasteiger partial charge in [0, 0.05) is 11.4 Å². The summed E-state index contributed by atoms with van der Waals surface area (Å²) in [7, 11) is 0. The van der Waals surface area contributed by atoms with Crippen molar-refractivity contribution in [2.45, 2.75) is 41.5 Å². The summed E-state index contributed by atoms with van der Waals surface area (Å²) in [5, 5.41) is 8.41. The van der Waals surface area contributed by atoms with Crippen molar-refractivity contribution in [3.8, 4) is 6.07 Å².